The van der Waals surface area contributed by atoms with Gasteiger partial charge in [0.05, 0.1) is 13.2 Å². The minimum absolute atomic E-state index is 0.0657. The molecule has 0 unspecified atom stereocenters. The molecule has 3 N–H and O–H groups in total. The Morgan fingerprint density at radius 1 is 1.10 bits per heavy atom. The molecular weight excluding hydrogens is 250 g/mol. The van der Waals surface area contributed by atoms with Crippen molar-refractivity contribution < 1.29 is 9.84 Å². The highest BCUT2D eigenvalue weighted by Gasteiger charge is 2.14. The Balaban J connectivity index is 1.94. The highest BCUT2D eigenvalue weighted by Crippen LogP contribution is 2.25. The minimum Gasteiger partial charge on any atom is -0.493 e. The van der Waals surface area contributed by atoms with E-state index in [-0.39, 0.29) is 6.61 Å². The van der Waals surface area contributed by atoms with E-state index >= 15 is 0 Å². The summed E-state index contributed by atoms with van der Waals surface area (Å²) < 4.78 is 5.97. The summed E-state index contributed by atoms with van der Waals surface area (Å²) in [4.78, 5) is 0. The first-order valence-corrected chi connectivity index (χ1v) is 7.88. The first-order valence-electron chi connectivity index (χ1n) is 7.88. The predicted octanol–water partition coefficient (Wildman–Crippen LogP) is 3.03. The summed E-state index contributed by atoms with van der Waals surface area (Å²) in [5, 5.41) is 9.35. The van der Waals surface area contributed by atoms with E-state index in [4.69, 9.17) is 10.5 Å². The van der Waals surface area contributed by atoms with Crippen molar-refractivity contribution in [3.63, 3.8) is 0 Å². The summed E-state index contributed by atoms with van der Waals surface area (Å²) in [6.45, 7) is 1.57. The van der Waals surface area contributed by atoms with Crippen LogP contribution in [0.15, 0.2) is 18.2 Å². The van der Waals surface area contributed by atoms with Gasteiger partial charge in [-0.1, -0.05) is 25.3 Å². The largest absolute Gasteiger partial charge is 0.493 e. The van der Waals surface area contributed by atoms with Crippen LogP contribution >= 0.6 is 0 Å². The van der Waals surface area contributed by atoms with Crippen LogP contribution in [0.5, 0.6) is 5.75 Å². The number of rotatable bonds is 7. The van der Waals surface area contributed by atoms with E-state index in [9.17, 15) is 5.11 Å². The Kier molecular flexibility index (Phi) is 6.34. The normalized spacial score (nSPS) is 16.3. The number of ether oxygens (including phenoxy) is 1. The summed E-state index contributed by atoms with van der Waals surface area (Å²) in [6, 6.07) is 6.09. The van der Waals surface area contributed by atoms with Crippen LogP contribution in [0, 0.1) is 5.92 Å². The molecule has 0 spiro atoms. The van der Waals surface area contributed by atoms with Crippen LogP contribution in [-0.4, -0.2) is 18.3 Å². The molecule has 1 aliphatic carbocycles. The first kappa shape index (κ1) is 15.3. The zero-order valence-electron chi connectivity index (χ0n) is 12.3. The second-order valence-corrected chi connectivity index (χ2v) is 5.85. The van der Waals surface area contributed by atoms with Gasteiger partial charge < -0.3 is 15.6 Å². The van der Waals surface area contributed by atoms with Gasteiger partial charge in [-0.3, -0.25) is 0 Å². The van der Waals surface area contributed by atoms with Crippen molar-refractivity contribution >= 4 is 0 Å². The number of aliphatic hydroxyl groups excluding tert-OH is 1. The van der Waals surface area contributed by atoms with Crippen LogP contribution < -0.4 is 10.5 Å². The number of benzene rings is 1. The Labute approximate surface area is 122 Å². The lowest BCUT2D eigenvalue weighted by atomic mass is 9.90. The summed E-state index contributed by atoms with van der Waals surface area (Å²) in [7, 11) is 0. The molecule has 3 heteroatoms. The van der Waals surface area contributed by atoms with Crippen LogP contribution in [0.2, 0.25) is 0 Å². The van der Waals surface area contributed by atoms with Crippen molar-refractivity contribution in [1.82, 2.24) is 0 Å². The third-order valence-electron chi connectivity index (χ3n) is 4.09. The molecule has 0 bridgehead atoms. The Hall–Kier alpha value is -1.06. The Morgan fingerprint density at radius 2 is 1.85 bits per heavy atom. The Morgan fingerprint density at radius 3 is 2.55 bits per heavy atom. The summed E-state index contributed by atoms with van der Waals surface area (Å²) >= 11 is 0. The van der Waals surface area contributed by atoms with E-state index < -0.39 is 0 Å². The molecule has 0 amide bonds. The lowest BCUT2D eigenvalue weighted by Gasteiger charge is -2.22. The molecule has 0 heterocycles. The van der Waals surface area contributed by atoms with Gasteiger partial charge in [0.15, 0.2) is 0 Å². The molecule has 1 aromatic rings. The van der Waals surface area contributed by atoms with Gasteiger partial charge in [-0.2, -0.15) is 0 Å². The molecule has 0 aliphatic heterocycles. The van der Waals surface area contributed by atoms with Crippen LogP contribution in [-0.2, 0) is 13.0 Å². The average molecular weight is 277 g/mol. The summed E-state index contributed by atoms with van der Waals surface area (Å²) in [6.07, 6.45) is 8.55. The quantitative estimate of drug-likeness (QED) is 0.805. The molecule has 20 heavy (non-hydrogen) atoms. The van der Waals surface area contributed by atoms with Gasteiger partial charge in [0.25, 0.3) is 0 Å². The smallest absolute Gasteiger partial charge is 0.119 e. The van der Waals surface area contributed by atoms with Gasteiger partial charge in [0, 0.05) is 0 Å². The zero-order chi connectivity index (χ0) is 14.2. The van der Waals surface area contributed by atoms with E-state index in [0.717, 1.165) is 30.8 Å². The molecule has 2 rings (SSSR count). The SMILES string of the molecule is NCCCc1cc(CO)cc(OCC2CCCCC2)c1. The van der Waals surface area contributed by atoms with Crippen LogP contribution in [0.1, 0.15) is 49.7 Å². The molecule has 0 saturated heterocycles. The van der Waals surface area contributed by atoms with Crippen molar-refractivity contribution in [2.75, 3.05) is 13.2 Å². The Bertz CT molecular complexity index is 400. The van der Waals surface area contributed by atoms with Crippen LogP contribution in [0.3, 0.4) is 0 Å². The summed E-state index contributed by atoms with van der Waals surface area (Å²) in [5.74, 6) is 1.60. The molecule has 3 nitrogen and oxygen atoms in total. The number of aliphatic hydroxyl groups is 1. The van der Waals surface area contributed by atoms with Crippen molar-refractivity contribution in [3.05, 3.63) is 29.3 Å². The second-order valence-electron chi connectivity index (χ2n) is 5.85. The maximum absolute atomic E-state index is 9.35. The number of nitrogens with two attached hydrogens (primary N) is 1. The van der Waals surface area contributed by atoms with Gasteiger partial charge in [-0.15, -0.1) is 0 Å². The van der Waals surface area contributed by atoms with Crippen LogP contribution in [0.4, 0.5) is 0 Å². The average Bonchev–Trinajstić information content (AvgIpc) is 2.51. The van der Waals surface area contributed by atoms with Crippen molar-refractivity contribution in [3.8, 4) is 5.75 Å². The fourth-order valence-corrected chi connectivity index (χ4v) is 2.92. The van der Waals surface area contributed by atoms with E-state index in [1.165, 1.54) is 37.7 Å². The highest BCUT2D eigenvalue weighted by molar-refractivity contribution is 5.34. The molecule has 0 radical (unpaired) electrons. The maximum Gasteiger partial charge on any atom is 0.119 e. The predicted molar refractivity (Wildman–Crippen MR) is 81.8 cm³/mol. The molecule has 1 saturated carbocycles. The van der Waals surface area contributed by atoms with E-state index in [0.29, 0.717) is 12.5 Å². The maximum atomic E-state index is 9.35. The van der Waals surface area contributed by atoms with Gasteiger partial charge in [0.2, 0.25) is 0 Å². The molecule has 1 aromatic carbocycles. The minimum atomic E-state index is 0.0657. The molecular formula is C17H27NO2. The number of aryl methyl sites for hydroxylation is 1. The monoisotopic (exact) mass is 277 g/mol. The van der Waals surface area contributed by atoms with Gasteiger partial charge in [0.1, 0.15) is 5.75 Å². The number of hydrogen-bond donors (Lipinski definition) is 2. The molecule has 112 valence electrons. The highest BCUT2D eigenvalue weighted by atomic mass is 16.5. The van der Waals surface area contributed by atoms with Crippen molar-refractivity contribution in [2.24, 2.45) is 11.7 Å². The third kappa shape index (κ3) is 4.80. The standard InChI is InChI=1S/C17H27NO2/c18-8-4-7-15-9-16(12-19)11-17(10-15)20-13-14-5-2-1-3-6-14/h9-11,14,19H,1-8,12-13,18H2. The van der Waals surface area contributed by atoms with E-state index in [1.54, 1.807) is 0 Å². The first-order chi connectivity index (χ1) is 9.81. The topological polar surface area (TPSA) is 55.5 Å². The molecule has 0 aromatic heterocycles. The summed E-state index contributed by atoms with van der Waals surface area (Å²) in [5.41, 5.74) is 7.70. The molecule has 1 fully saturated rings. The van der Waals surface area contributed by atoms with Gasteiger partial charge in [-0.25, -0.2) is 0 Å². The second kappa shape index (κ2) is 8.28. The van der Waals surface area contributed by atoms with Crippen molar-refractivity contribution in [2.45, 2.75) is 51.6 Å². The number of hydrogen-bond acceptors (Lipinski definition) is 3. The van der Waals surface area contributed by atoms with Gasteiger partial charge in [-0.05, 0) is 61.4 Å². The fourth-order valence-electron chi connectivity index (χ4n) is 2.92. The lowest BCUT2D eigenvalue weighted by molar-refractivity contribution is 0.208. The van der Waals surface area contributed by atoms with E-state index in [2.05, 4.69) is 6.07 Å². The molecule has 0 atom stereocenters. The fraction of sp³-hybridized carbons (Fsp3) is 0.647. The molecule has 1 aliphatic rings. The van der Waals surface area contributed by atoms with Crippen molar-refractivity contribution in [1.29, 1.82) is 0 Å². The third-order valence-corrected chi connectivity index (χ3v) is 4.09. The lowest BCUT2D eigenvalue weighted by Crippen LogP contribution is -2.15. The zero-order valence-corrected chi connectivity index (χ0v) is 12.3. The van der Waals surface area contributed by atoms with Crippen LogP contribution in [0.25, 0.3) is 0 Å². The van der Waals surface area contributed by atoms with Gasteiger partial charge >= 0.3 is 0 Å². The van der Waals surface area contributed by atoms with E-state index in [1.807, 2.05) is 12.1 Å².